The molecule has 3 rings (SSSR count). The monoisotopic (exact) mass is 277 g/mol. The van der Waals surface area contributed by atoms with E-state index in [-0.39, 0.29) is 0 Å². The van der Waals surface area contributed by atoms with Gasteiger partial charge in [-0.1, -0.05) is 0 Å². The lowest BCUT2D eigenvalue weighted by molar-refractivity contribution is 0.558. The minimum Gasteiger partial charge on any atom is -0.312 e. The maximum Gasteiger partial charge on any atom is 0.0415 e. The van der Waals surface area contributed by atoms with Gasteiger partial charge in [0.1, 0.15) is 0 Å². The Kier molecular flexibility index (Phi) is 3.83. The zero-order valence-corrected chi connectivity index (χ0v) is 12.4. The van der Waals surface area contributed by atoms with Crippen LogP contribution in [-0.2, 0) is 19.3 Å². The van der Waals surface area contributed by atoms with Crippen molar-refractivity contribution in [2.24, 2.45) is 0 Å². The highest BCUT2D eigenvalue weighted by Gasteiger charge is 2.19. The van der Waals surface area contributed by atoms with Gasteiger partial charge >= 0.3 is 0 Å². The van der Waals surface area contributed by atoms with Crippen molar-refractivity contribution in [1.82, 2.24) is 5.32 Å². The second kappa shape index (κ2) is 5.55. The van der Waals surface area contributed by atoms with Gasteiger partial charge in [-0.15, -0.1) is 11.3 Å². The number of nitrogens with one attached hydrogen (secondary N) is 1. The number of fused-ring (bicyclic) bond motifs is 1. The lowest BCUT2D eigenvalue weighted by Gasteiger charge is -2.14. The summed E-state index contributed by atoms with van der Waals surface area (Å²) < 4.78 is 0. The minimum absolute atomic E-state index is 0.528. The molecule has 1 nitrogen and oxygen atoms in total. The van der Waals surface area contributed by atoms with E-state index in [4.69, 9.17) is 0 Å². The molecular weight excluding hydrogens is 258 g/mol. The highest BCUT2D eigenvalue weighted by Crippen LogP contribution is 2.35. The number of hydrogen-bond donors (Lipinski definition) is 1. The molecule has 2 heterocycles. The van der Waals surface area contributed by atoms with Crippen LogP contribution in [0.4, 0.5) is 0 Å². The number of aryl methyl sites for hydroxylation is 3. The lowest BCUT2D eigenvalue weighted by Crippen LogP contribution is -2.15. The molecule has 2 aromatic rings. The quantitative estimate of drug-likeness (QED) is 0.864. The van der Waals surface area contributed by atoms with Crippen LogP contribution in [0, 0.1) is 0 Å². The molecule has 1 atom stereocenters. The molecule has 2 aromatic heterocycles. The van der Waals surface area contributed by atoms with Crippen LogP contribution >= 0.6 is 22.7 Å². The van der Waals surface area contributed by atoms with Crippen LogP contribution in [0.5, 0.6) is 0 Å². The van der Waals surface area contributed by atoms with Gasteiger partial charge in [-0.3, -0.25) is 0 Å². The summed E-state index contributed by atoms with van der Waals surface area (Å²) in [6, 6.07) is 5.22. The van der Waals surface area contributed by atoms with Crippen molar-refractivity contribution in [3.05, 3.63) is 43.8 Å². The molecule has 0 bridgehead atoms. The number of hydrogen-bond acceptors (Lipinski definition) is 3. The van der Waals surface area contributed by atoms with Gasteiger partial charge in [-0.05, 0) is 73.2 Å². The maximum atomic E-state index is 3.48. The van der Waals surface area contributed by atoms with Crippen LogP contribution in [0.1, 0.15) is 39.8 Å². The van der Waals surface area contributed by atoms with Crippen LogP contribution in [-0.4, -0.2) is 7.05 Å². The molecule has 0 fully saturated rings. The van der Waals surface area contributed by atoms with E-state index in [9.17, 15) is 0 Å². The van der Waals surface area contributed by atoms with Crippen molar-refractivity contribution in [2.45, 2.75) is 38.1 Å². The van der Waals surface area contributed by atoms with Gasteiger partial charge in [-0.25, -0.2) is 0 Å². The summed E-state index contributed by atoms with van der Waals surface area (Å²) in [5, 5.41) is 7.92. The molecular formula is C15H19NS2. The number of rotatable bonds is 5. The van der Waals surface area contributed by atoms with Gasteiger partial charge in [0.25, 0.3) is 0 Å². The van der Waals surface area contributed by atoms with E-state index in [0.29, 0.717) is 6.04 Å². The third-order valence-corrected chi connectivity index (χ3v) is 5.84. The highest BCUT2D eigenvalue weighted by atomic mass is 32.1. The molecule has 0 saturated heterocycles. The molecule has 1 aliphatic carbocycles. The van der Waals surface area contributed by atoms with Crippen molar-refractivity contribution in [3.8, 4) is 0 Å². The Hall–Kier alpha value is -0.640. The molecule has 0 radical (unpaired) electrons. The second-order valence-corrected chi connectivity index (χ2v) is 6.91. The van der Waals surface area contributed by atoms with E-state index in [1.54, 1.807) is 21.8 Å². The minimum atomic E-state index is 0.528. The summed E-state index contributed by atoms with van der Waals surface area (Å²) in [5.41, 5.74) is 3.09. The first kappa shape index (κ1) is 12.4. The van der Waals surface area contributed by atoms with Gasteiger partial charge in [0, 0.05) is 15.8 Å². The lowest BCUT2D eigenvalue weighted by atomic mass is 10.1. The van der Waals surface area contributed by atoms with Crippen molar-refractivity contribution in [2.75, 3.05) is 7.05 Å². The SMILES string of the molecule is CNC(CCc1ccsc1)c1cc2c(s1)CCC2. The van der Waals surface area contributed by atoms with E-state index < -0.39 is 0 Å². The smallest absolute Gasteiger partial charge is 0.0415 e. The van der Waals surface area contributed by atoms with Crippen molar-refractivity contribution >= 4 is 22.7 Å². The Balaban J connectivity index is 1.67. The molecule has 1 N–H and O–H groups in total. The fourth-order valence-electron chi connectivity index (χ4n) is 2.70. The summed E-state index contributed by atoms with van der Waals surface area (Å²) in [5.74, 6) is 0. The standard InChI is InChI=1S/C15H19NS2/c1-16-13(6-5-11-7-8-17-10-11)15-9-12-3-2-4-14(12)18-15/h7-10,13,16H,2-6H2,1H3. The van der Waals surface area contributed by atoms with E-state index in [1.807, 2.05) is 11.3 Å². The summed E-state index contributed by atoms with van der Waals surface area (Å²) in [6.45, 7) is 0. The molecule has 96 valence electrons. The Labute approximate surface area is 117 Å². The van der Waals surface area contributed by atoms with Crippen LogP contribution in [0.15, 0.2) is 22.9 Å². The fraction of sp³-hybridized carbons (Fsp3) is 0.467. The fourth-order valence-corrected chi connectivity index (χ4v) is 4.80. The topological polar surface area (TPSA) is 12.0 Å². The first-order valence-corrected chi connectivity index (χ1v) is 8.42. The van der Waals surface area contributed by atoms with E-state index in [1.165, 1.54) is 42.5 Å². The molecule has 0 spiro atoms. The largest absolute Gasteiger partial charge is 0.312 e. The van der Waals surface area contributed by atoms with Gasteiger partial charge in [0.05, 0.1) is 0 Å². The molecule has 0 amide bonds. The zero-order valence-electron chi connectivity index (χ0n) is 10.7. The van der Waals surface area contributed by atoms with Crippen LogP contribution in [0.3, 0.4) is 0 Å². The molecule has 1 aliphatic rings. The Morgan fingerprint density at radius 3 is 3.06 bits per heavy atom. The van der Waals surface area contributed by atoms with Gasteiger partial charge in [0.2, 0.25) is 0 Å². The Morgan fingerprint density at radius 1 is 1.39 bits per heavy atom. The van der Waals surface area contributed by atoms with Crippen molar-refractivity contribution in [1.29, 1.82) is 0 Å². The van der Waals surface area contributed by atoms with Crippen molar-refractivity contribution in [3.63, 3.8) is 0 Å². The van der Waals surface area contributed by atoms with Crippen molar-refractivity contribution < 1.29 is 0 Å². The van der Waals surface area contributed by atoms with Gasteiger partial charge in [-0.2, -0.15) is 11.3 Å². The predicted molar refractivity (Wildman–Crippen MR) is 80.8 cm³/mol. The Morgan fingerprint density at radius 2 is 2.33 bits per heavy atom. The van der Waals surface area contributed by atoms with Crippen LogP contribution < -0.4 is 5.32 Å². The molecule has 0 saturated carbocycles. The van der Waals surface area contributed by atoms with Gasteiger partial charge in [0.15, 0.2) is 0 Å². The summed E-state index contributed by atoms with van der Waals surface area (Å²) in [4.78, 5) is 3.18. The summed E-state index contributed by atoms with van der Waals surface area (Å²) in [7, 11) is 2.09. The first-order valence-electron chi connectivity index (χ1n) is 6.66. The maximum absolute atomic E-state index is 3.48. The van der Waals surface area contributed by atoms with E-state index in [2.05, 4.69) is 35.3 Å². The predicted octanol–water partition coefficient (Wildman–Crippen LogP) is 4.19. The normalized spacial score (nSPS) is 15.8. The van der Waals surface area contributed by atoms with Crippen LogP contribution in [0.25, 0.3) is 0 Å². The second-order valence-electron chi connectivity index (χ2n) is 4.96. The summed E-state index contributed by atoms with van der Waals surface area (Å²) in [6.07, 6.45) is 6.35. The molecule has 3 heteroatoms. The average Bonchev–Trinajstić information content (AvgIpc) is 3.04. The van der Waals surface area contributed by atoms with Gasteiger partial charge < -0.3 is 5.32 Å². The van der Waals surface area contributed by atoms with Crippen LogP contribution in [0.2, 0.25) is 0 Å². The first-order chi connectivity index (χ1) is 8.86. The third kappa shape index (κ3) is 2.53. The van der Waals surface area contributed by atoms with E-state index in [0.717, 1.165) is 0 Å². The molecule has 1 unspecified atom stereocenters. The van der Waals surface area contributed by atoms with E-state index >= 15 is 0 Å². The highest BCUT2D eigenvalue weighted by molar-refractivity contribution is 7.12. The third-order valence-electron chi connectivity index (χ3n) is 3.76. The Bertz CT molecular complexity index is 477. The molecule has 0 aliphatic heterocycles. The average molecular weight is 277 g/mol. The number of thiophene rings is 2. The molecule has 18 heavy (non-hydrogen) atoms. The zero-order chi connectivity index (χ0) is 12.4. The summed E-state index contributed by atoms with van der Waals surface area (Å²) >= 11 is 3.83. The molecule has 0 aromatic carbocycles.